The molecule has 3 heteroatoms. The van der Waals surface area contributed by atoms with Gasteiger partial charge in [0.2, 0.25) is 0 Å². The summed E-state index contributed by atoms with van der Waals surface area (Å²) in [6, 6.07) is 14.8. The second kappa shape index (κ2) is 6.01. The van der Waals surface area contributed by atoms with E-state index in [0.29, 0.717) is 19.8 Å². The summed E-state index contributed by atoms with van der Waals surface area (Å²) in [5.41, 5.74) is 9.80. The van der Waals surface area contributed by atoms with E-state index in [-0.39, 0.29) is 5.41 Å². The summed E-state index contributed by atoms with van der Waals surface area (Å²) in [6.45, 7) is 6.17. The zero-order chi connectivity index (χ0) is 15.6. The van der Waals surface area contributed by atoms with Crippen molar-refractivity contribution in [2.24, 2.45) is 5.73 Å². The molecule has 0 aliphatic carbocycles. The van der Waals surface area contributed by atoms with Crippen LogP contribution in [0.3, 0.4) is 0 Å². The molecule has 1 aliphatic rings. The van der Waals surface area contributed by atoms with Gasteiger partial charge in [0.25, 0.3) is 0 Å². The van der Waals surface area contributed by atoms with Crippen LogP contribution in [0.5, 0.6) is 11.5 Å². The molecule has 1 aliphatic heterocycles. The number of hydrogen-bond acceptors (Lipinski definition) is 3. The average Bonchev–Trinajstić information content (AvgIpc) is 2.54. The van der Waals surface area contributed by atoms with Crippen LogP contribution in [-0.2, 0) is 11.8 Å². The zero-order valence-corrected chi connectivity index (χ0v) is 13.3. The number of aryl methyl sites for hydroxylation is 1. The molecule has 22 heavy (non-hydrogen) atoms. The second-order valence-electron chi connectivity index (χ2n) is 6.29. The lowest BCUT2D eigenvalue weighted by Crippen LogP contribution is -2.34. The molecule has 0 amide bonds. The van der Waals surface area contributed by atoms with E-state index in [2.05, 4.69) is 50.2 Å². The maximum atomic E-state index is 6.12. The monoisotopic (exact) mass is 297 g/mol. The smallest absolute Gasteiger partial charge is 0.161 e. The molecule has 1 atom stereocenters. The highest BCUT2D eigenvalue weighted by atomic mass is 16.6. The van der Waals surface area contributed by atoms with Crippen LogP contribution in [-0.4, -0.2) is 19.8 Å². The number of ether oxygens (including phenoxy) is 2. The van der Waals surface area contributed by atoms with Crippen LogP contribution in [0.2, 0.25) is 0 Å². The molecule has 0 radical (unpaired) electrons. The van der Waals surface area contributed by atoms with E-state index >= 15 is 0 Å². The number of fused-ring (bicyclic) bond motifs is 1. The maximum Gasteiger partial charge on any atom is 0.161 e. The molecule has 0 spiro atoms. The Morgan fingerprint density at radius 2 is 1.82 bits per heavy atom. The molecule has 1 unspecified atom stereocenters. The Kier molecular flexibility index (Phi) is 4.08. The third-order valence-electron chi connectivity index (χ3n) is 4.37. The topological polar surface area (TPSA) is 44.5 Å². The molecule has 0 saturated heterocycles. The molecular weight excluding hydrogens is 274 g/mol. The van der Waals surface area contributed by atoms with Gasteiger partial charge >= 0.3 is 0 Å². The Balaban J connectivity index is 1.89. The molecule has 3 nitrogen and oxygen atoms in total. The largest absolute Gasteiger partial charge is 0.486 e. The van der Waals surface area contributed by atoms with Crippen LogP contribution in [0.15, 0.2) is 42.5 Å². The minimum Gasteiger partial charge on any atom is -0.486 e. The van der Waals surface area contributed by atoms with Crippen LogP contribution in [0.4, 0.5) is 0 Å². The van der Waals surface area contributed by atoms with Crippen LogP contribution in [0, 0.1) is 6.92 Å². The predicted octanol–water partition coefficient (Wildman–Crippen LogP) is 3.23. The van der Waals surface area contributed by atoms with Gasteiger partial charge in [0.05, 0.1) is 0 Å². The summed E-state index contributed by atoms with van der Waals surface area (Å²) in [4.78, 5) is 0. The summed E-state index contributed by atoms with van der Waals surface area (Å²) in [7, 11) is 0. The van der Waals surface area contributed by atoms with Crippen molar-refractivity contribution in [3.63, 3.8) is 0 Å². The fraction of sp³-hybridized carbons (Fsp3) is 0.368. The van der Waals surface area contributed by atoms with Crippen molar-refractivity contribution >= 4 is 0 Å². The third kappa shape index (κ3) is 2.95. The highest BCUT2D eigenvalue weighted by Crippen LogP contribution is 2.34. The van der Waals surface area contributed by atoms with E-state index in [4.69, 9.17) is 15.2 Å². The third-order valence-corrected chi connectivity index (χ3v) is 4.37. The van der Waals surface area contributed by atoms with Gasteiger partial charge in [0.1, 0.15) is 13.2 Å². The van der Waals surface area contributed by atoms with Crippen molar-refractivity contribution in [1.82, 2.24) is 0 Å². The lowest BCUT2D eigenvalue weighted by Gasteiger charge is -2.30. The summed E-state index contributed by atoms with van der Waals surface area (Å²) in [5.74, 6) is 1.67. The highest BCUT2D eigenvalue weighted by Gasteiger charge is 2.26. The first-order valence-electron chi connectivity index (χ1n) is 7.76. The van der Waals surface area contributed by atoms with Crippen molar-refractivity contribution in [2.45, 2.75) is 25.7 Å². The zero-order valence-electron chi connectivity index (χ0n) is 13.3. The molecule has 2 aromatic carbocycles. The summed E-state index contributed by atoms with van der Waals surface area (Å²) >= 11 is 0. The SMILES string of the molecule is Cc1cccc(C(C)(CN)Cc2ccc3c(c2)OCCO3)c1. The first kappa shape index (κ1) is 14.9. The van der Waals surface area contributed by atoms with Crippen molar-refractivity contribution in [1.29, 1.82) is 0 Å². The van der Waals surface area contributed by atoms with Crippen LogP contribution >= 0.6 is 0 Å². The standard InChI is InChI=1S/C19H23NO2/c1-14-4-3-5-16(10-14)19(2,13-20)12-15-6-7-17-18(11-15)22-9-8-21-17/h3-7,10-11H,8-9,12-13,20H2,1-2H3. The minimum atomic E-state index is -0.0875. The molecule has 3 rings (SSSR count). The van der Waals surface area contributed by atoms with Gasteiger partial charge in [-0.15, -0.1) is 0 Å². The molecule has 1 heterocycles. The molecule has 116 valence electrons. The van der Waals surface area contributed by atoms with Crippen LogP contribution in [0.25, 0.3) is 0 Å². The Morgan fingerprint density at radius 1 is 1.05 bits per heavy atom. The first-order chi connectivity index (χ1) is 10.6. The van der Waals surface area contributed by atoms with E-state index < -0.39 is 0 Å². The van der Waals surface area contributed by atoms with Gasteiger partial charge in [0.15, 0.2) is 11.5 Å². The Morgan fingerprint density at radius 3 is 2.55 bits per heavy atom. The van der Waals surface area contributed by atoms with Gasteiger partial charge in [0, 0.05) is 12.0 Å². The average molecular weight is 297 g/mol. The normalized spacial score (nSPS) is 16.1. The van der Waals surface area contributed by atoms with Crippen molar-refractivity contribution < 1.29 is 9.47 Å². The molecule has 2 N–H and O–H groups in total. The number of benzene rings is 2. The van der Waals surface area contributed by atoms with Crippen LogP contribution in [0.1, 0.15) is 23.6 Å². The molecule has 0 bridgehead atoms. The van der Waals surface area contributed by atoms with E-state index in [0.717, 1.165) is 17.9 Å². The van der Waals surface area contributed by atoms with Gasteiger partial charge in [-0.3, -0.25) is 0 Å². The lowest BCUT2D eigenvalue weighted by molar-refractivity contribution is 0.171. The lowest BCUT2D eigenvalue weighted by atomic mass is 9.77. The number of hydrogen-bond donors (Lipinski definition) is 1. The quantitative estimate of drug-likeness (QED) is 0.942. The van der Waals surface area contributed by atoms with E-state index in [1.807, 2.05) is 6.07 Å². The maximum absolute atomic E-state index is 6.12. The van der Waals surface area contributed by atoms with Gasteiger partial charge in [-0.1, -0.05) is 42.8 Å². The number of nitrogens with two attached hydrogens (primary N) is 1. The Bertz CT molecular complexity index is 668. The van der Waals surface area contributed by atoms with Gasteiger partial charge in [-0.2, -0.15) is 0 Å². The van der Waals surface area contributed by atoms with E-state index in [1.165, 1.54) is 16.7 Å². The summed E-state index contributed by atoms with van der Waals surface area (Å²) < 4.78 is 11.3. The summed E-state index contributed by atoms with van der Waals surface area (Å²) in [5, 5.41) is 0. The van der Waals surface area contributed by atoms with Crippen molar-refractivity contribution in [3.05, 3.63) is 59.2 Å². The fourth-order valence-electron chi connectivity index (χ4n) is 2.96. The predicted molar refractivity (Wildman–Crippen MR) is 88.7 cm³/mol. The van der Waals surface area contributed by atoms with Gasteiger partial charge < -0.3 is 15.2 Å². The highest BCUT2D eigenvalue weighted by molar-refractivity contribution is 5.45. The van der Waals surface area contributed by atoms with Gasteiger partial charge in [-0.25, -0.2) is 0 Å². The van der Waals surface area contributed by atoms with E-state index in [1.54, 1.807) is 0 Å². The summed E-state index contributed by atoms with van der Waals surface area (Å²) in [6.07, 6.45) is 0.879. The molecule has 0 saturated carbocycles. The minimum absolute atomic E-state index is 0.0875. The van der Waals surface area contributed by atoms with Gasteiger partial charge in [-0.05, 0) is 36.6 Å². The first-order valence-corrected chi connectivity index (χ1v) is 7.76. The Labute approximate surface area is 132 Å². The molecule has 0 fully saturated rings. The second-order valence-corrected chi connectivity index (χ2v) is 6.29. The van der Waals surface area contributed by atoms with E-state index in [9.17, 15) is 0 Å². The fourth-order valence-corrected chi connectivity index (χ4v) is 2.96. The molecule has 0 aromatic heterocycles. The van der Waals surface area contributed by atoms with Crippen LogP contribution < -0.4 is 15.2 Å². The number of rotatable bonds is 4. The molecule has 2 aromatic rings. The molecular formula is C19H23NO2. The van der Waals surface area contributed by atoms with Crippen molar-refractivity contribution in [3.8, 4) is 11.5 Å². The Hall–Kier alpha value is -2.00. The van der Waals surface area contributed by atoms with Crippen molar-refractivity contribution in [2.75, 3.05) is 19.8 Å².